The number of hydrogen-bond acceptors (Lipinski definition) is 2. The monoisotopic (exact) mass is 542 g/mol. The first kappa shape index (κ1) is 31.8. The van der Waals surface area contributed by atoms with E-state index in [4.69, 9.17) is 9.47 Å². The standard InChI is InChI=1S/C38H54O2/c1-5-7-9-17-31(3)19-15-23-33-21-11-13-25-37(33)39-35-27-29-36(30-28-35)40-38-26-14-12-22-34(38)24-16-20-32(4)18-10-8-6-2/h11-14,21-22,25-32H,5-10,15-20,23-24H2,1-4H3. The maximum absolute atomic E-state index is 6.33. The van der Waals surface area contributed by atoms with Crippen LogP contribution in [0.2, 0.25) is 0 Å². The van der Waals surface area contributed by atoms with Gasteiger partial charge in [0.05, 0.1) is 0 Å². The summed E-state index contributed by atoms with van der Waals surface area (Å²) in [6.07, 6.45) is 17.8. The summed E-state index contributed by atoms with van der Waals surface area (Å²) < 4.78 is 12.7. The predicted octanol–water partition coefficient (Wildman–Crippen LogP) is 12.3. The number of hydrogen-bond donors (Lipinski definition) is 0. The Morgan fingerprint density at radius 2 is 0.850 bits per heavy atom. The molecule has 0 spiro atoms. The van der Waals surface area contributed by atoms with Crippen LogP contribution in [-0.4, -0.2) is 0 Å². The summed E-state index contributed by atoms with van der Waals surface area (Å²) >= 11 is 0. The topological polar surface area (TPSA) is 18.5 Å². The van der Waals surface area contributed by atoms with Gasteiger partial charge < -0.3 is 9.47 Å². The molecule has 0 aliphatic carbocycles. The van der Waals surface area contributed by atoms with Gasteiger partial charge in [-0.05, 0) is 85.0 Å². The third-order valence-corrected chi connectivity index (χ3v) is 8.11. The summed E-state index contributed by atoms with van der Waals surface area (Å²) in [6, 6.07) is 25.0. The van der Waals surface area contributed by atoms with Gasteiger partial charge in [0.15, 0.2) is 0 Å². The number of rotatable bonds is 20. The Bertz CT molecular complexity index is 984. The summed E-state index contributed by atoms with van der Waals surface area (Å²) in [7, 11) is 0. The molecule has 218 valence electrons. The second-order valence-electron chi connectivity index (χ2n) is 11.9. The van der Waals surface area contributed by atoms with E-state index in [1.165, 1.54) is 88.2 Å². The fourth-order valence-electron chi connectivity index (χ4n) is 5.51. The lowest BCUT2D eigenvalue weighted by atomic mass is 9.96. The Balaban J connectivity index is 1.50. The van der Waals surface area contributed by atoms with Crippen molar-refractivity contribution in [3.63, 3.8) is 0 Å². The van der Waals surface area contributed by atoms with Gasteiger partial charge in [-0.25, -0.2) is 0 Å². The molecule has 0 aromatic heterocycles. The van der Waals surface area contributed by atoms with E-state index in [1.54, 1.807) is 0 Å². The van der Waals surface area contributed by atoms with E-state index < -0.39 is 0 Å². The molecule has 0 radical (unpaired) electrons. The lowest BCUT2D eigenvalue weighted by molar-refractivity contribution is 0.441. The minimum absolute atomic E-state index is 0.802. The van der Waals surface area contributed by atoms with Crippen LogP contribution in [0.3, 0.4) is 0 Å². The van der Waals surface area contributed by atoms with E-state index in [0.717, 1.165) is 47.7 Å². The number of benzene rings is 3. The Hall–Kier alpha value is -2.74. The maximum atomic E-state index is 6.33. The van der Waals surface area contributed by atoms with Gasteiger partial charge in [-0.15, -0.1) is 0 Å². The average molecular weight is 543 g/mol. The molecule has 0 amide bonds. The van der Waals surface area contributed by atoms with Crippen LogP contribution < -0.4 is 9.47 Å². The van der Waals surface area contributed by atoms with E-state index in [-0.39, 0.29) is 0 Å². The first-order chi connectivity index (χ1) is 19.6. The van der Waals surface area contributed by atoms with Crippen molar-refractivity contribution in [2.75, 3.05) is 0 Å². The molecule has 3 aromatic carbocycles. The zero-order valence-electron chi connectivity index (χ0n) is 25.8. The molecule has 0 fully saturated rings. The highest BCUT2D eigenvalue weighted by Crippen LogP contribution is 2.31. The lowest BCUT2D eigenvalue weighted by Gasteiger charge is -2.15. The summed E-state index contributed by atoms with van der Waals surface area (Å²) in [4.78, 5) is 0. The van der Waals surface area contributed by atoms with Crippen molar-refractivity contribution < 1.29 is 9.47 Å². The normalized spacial score (nSPS) is 12.7. The molecule has 0 aliphatic rings. The van der Waals surface area contributed by atoms with Gasteiger partial charge in [0, 0.05) is 0 Å². The molecular formula is C38H54O2. The first-order valence-electron chi connectivity index (χ1n) is 16.2. The van der Waals surface area contributed by atoms with Crippen molar-refractivity contribution in [1.29, 1.82) is 0 Å². The van der Waals surface area contributed by atoms with Crippen molar-refractivity contribution in [3.8, 4) is 23.0 Å². The summed E-state index contributed by atoms with van der Waals surface area (Å²) in [5.41, 5.74) is 2.58. The third kappa shape index (κ3) is 11.8. The molecule has 40 heavy (non-hydrogen) atoms. The molecule has 0 N–H and O–H groups in total. The molecule has 0 saturated carbocycles. The molecule has 0 saturated heterocycles. The molecule has 0 heterocycles. The van der Waals surface area contributed by atoms with Gasteiger partial charge in [0.25, 0.3) is 0 Å². The van der Waals surface area contributed by atoms with Crippen LogP contribution in [-0.2, 0) is 12.8 Å². The smallest absolute Gasteiger partial charge is 0.130 e. The minimum Gasteiger partial charge on any atom is -0.457 e. The largest absolute Gasteiger partial charge is 0.457 e. The second-order valence-corrected chi connectivity index (χ2v) is 11.9. The number of unbranched alkanes of at least 4 members (excludes halogenated alkanes) is 4. The maximum Gasteiger partial charge on any atom is 0.130 e. The Kier molecular flexibility index (Phi) is 14.8. The van der Waals surface area contributed by atoms with Gasteiger partial charge in [-0.1, -0.05) is 128 Å². The molecule has 2 heteroatoms. The molecule has 0 bridgehead atoms. The SMILES string of the molecule is CCCCCC(C)CCCc1ccccc1Oc1ccc(Oc2ccccc2CCCC(C)CCCCC)cc1. The Labute approximate surface area is 245 Å². The van der Waals surface area contributed by atoms with E-state index >= 15 is 0 Å². The quantitative estimate of drug-likeness (QED) is 0.132. The van der Waals surface area contributed by atoms with Crippen molar-refractivity contribution in [2.45, 2.75) is 118 Å². The van der Waals surface area contributed by atoms with Gasteiger partial charge in [-0.2, -0.15) is 0 Å². The Morgan fingerprint density at radius 3 is 1.25 bits per heavy atom. The average Bonchev–Trinajstić information content (AvgIpc) is 2.96. The molecule has 2 unspecified atom stereocenters. The van der Waals surface area contributed by atoms with Crippen LogP contribution in [0.25, 0.3) is 0 Å². The molecule has 2 atom stereocenters. The van der Waals surface area contributed by atoms with E-state index in [2.05, 4.69) is 76.2 Å². The molecule has 3 rings (SSSR count). The summed E-state index contributed by atoms with van der Waals surface area (Å²) in [5.74, 6) is 5.22. The number of para-hydroxylation sites is 2. The Morgan fingerprint density at radius 1 is 0.475 bits per heavy atom. The van der Waals surface area contributed by atoms with Crippen LogP contribution in [0.5, 0.6) is 23.0 Å². The fraction of sp³-hybridized carbons (Fsp3) is 0.526. The molecular weight excluding hydrogens is 488 g/mol. The zero-order chi connectivity index (χ0) is 28.4. The third-order valence-electron chi connectivity index (χ3n) is 8.11. The van der Waals surface area contributed by atoms with Crippen LogP contribution in [0.15, 0.2) is 72.8 Å². The molecule has 2 nitrogen and oxygen atoms in total. The van der Waals surface area contributed by atoms with Crippen molar-refractivity contribution >= 4 is 0 Å². The van der Waals surface area contributed by atoms with Crippen LogP contribution >= 0.6 is 0 Å². The highest BCUT2D eigenvalue weighted by molar-refractivity contribution is 5.42. The van der Waals surface area contributed by atoms with Gasteiger partial charge in [0.2, 0.25) is 0 Å². The van der Waals surface area contributed by atoms with E-state index in [9.17, 15) is 0 Å². The fourth-order valence-corrected chi connectivity index (χ4v) is 5.51. The van der Waals surface area contributed by atoms with Gasteiger partial charge in [0.1, 0.15) is 23.0 Å². The van der Waals surface area contributed by atoms with Crippen LogP contribution in [0.1, 0.15) is 116 Å². The van der Waals surface area contributed by atoms with Gasteiger partial charge in [-0.3, -0.25) is 0 Å². The summed E-state index contributed by atoms with van der Waals surface area (Å²) in [6.45, 7) is 9.35. The molecule has 3 aromatic rings. The number of ether oxygens (including phenoxy) is 2. The van der Waals surface area contributed by atoms with Gasteiger partial charge >= 0.3 is 0 Å². The summed E-state index contributed by atoms with van der Waals surface area (Å²) in [5, 5.41) is 0. The van der Waals surface area contributed by atoms with Crippen molar-refractivity contribution in [3.05, 3.63) is 83.9 Å². The first-order valence-corrected chi connectivity index (χ1v) is 16.2. The predicted molar refractivity (Wildman–Crippen MR) is 172 cm³/mol. The highest BCUT2D eigenvalue weighted by Gasteiger charge is 2.09. The van der Waals surface area contributed by atoms with E-state index in [0.29, 0.717) is 0 Å². The minimum atomic E-state index is 0.802. The van der Waals surface area contributed by atoms with Crippen LogP contribution in [0.4, 0.5) is 0 Å². The number of aryl methyl sites for hydroxylation is 2. The van der Waals surface area contributed by atoms with Crippen molar-refractivity contribution in [2.24, 2.45) is 11.8 Å². The second kappa shape index (κ2) is 18.6. The van der Waals surface area contributed by atoms with E-state index in [1.807, 2.05) is 24.3 Å². The zero-order valence-corrected chi connectivity index (χ0v) is 25.8. The lowest BCUT2D eigenvalue weighted by Crippen LogP contribution is -1.98. The van der Waals surface area contributed by atoms with Crippen molar-refractivity contribution in [1.82, 2.24) is 0 Å². The molecule has 0 aliphatic heterocycles. The van der Waals surface area contributed by atoms with Crippen LogP contribution in [0, 0.1) is 11.8 Å². The highest BCUT2D eigenvalue weighted by atomic mass is 16.5.